The van der Waals surface area contributed by atoms with Gasteiger partial charge in [0.05, 0.1) is 0 Å². The minimum atomic E-state index is -0.187. The zero-order chi connectivity index (χ0) is 14.4. The SMILES string of the molecule is CCC(N)Cc1cc(F)ccc1N(C)C(C)CSC. The van der Waals surface area contributed by atoms with E-state index in [0.29, 0.717) is 6.04 Å². The third kappa shape index (κ3) is 4.69. The number of thioether (sulfide) groups is 1. The summed E-state index contributed by atoms with van der Waals surface area (Å²) >= 11 is 1.82. The van der Waals surface area contributed by atoms with E-state index in [-0.39, 0.29) is 11.9 Å². The van der Waals surface area contributed by atoms with E-state index in [1.165, 1.54) is 6.07 Å². The highest BCUT2D eigenvalue weighted by Gasteiger charge is 2.15. The number of anilines is 1. The molecule has 0 fully saturated rings. The average molecular weight is 284 g/mol. The summed E-state index contributed by atoms with van der Waals surface area (Å²) in [5.74, 6) is 0.862. The molecule has 19 heavy (non-hydrogen) atoms. The fraction of sp³-hybridized carbons (Fsp3) is 0.600. The van der Waals surface area contributed by atoms with Crippen molar-refractivity contribution >= 4 is 17.4 Å². The van der Waals surface area contributed by atoms with Crippen LogP contribution in [0.3, 0.4) is 0 Å². The van der Waals surface area contributed by atoms with Crippen molar-refractivity contribution < 1.29 is 4.39 Å². The number of halogens is 1. The summed E-state index contributed by atoms with van der Waals surface area (Å²) < 4.78 is 13.5. The highest BCUT2D eigenvalue weighted by molar-refractivity contribution is 7.98. The predicted molar refractivity (Wildman–Crippen MR) is 84.6 cm³/mol. The molecule has 0 radical (unpaired) electrons. The van der Waals surface area contributed by atoms with Gasteiger partial charge in [0.1, 0.15) is 5.82 Å². The Kier molecular flexibility index (Phi) is 6.66. The summed E-state index contributed by atoms with van der Waals surface area (Å²) in [4.78, 5) is 2.22. The number of rotatable bonds is 7. The van der Waals surface area contributed by atoms with Crippen LogP contribution >= 0.6 is 11.8 Å². The standard InChI is InChI=1S/C15H25FN2S/c1-5-14(17)9-12-8-13(16)6-7-15(12)18(3)11(2)10-19-4/h6-8,11,14H,5,9-10,17H2,1-4H3. The minimum absolute atomic E-state index is 0.0878. The van der Waals surface area contributed by atoms with E-state index in [2.05, 4.69) is 32.1 Å². The quantitative estimate of drug-likeness (QED) is 0.833. The van der Waals surface area contributed by atoms with Crippen molar-refractivity contribution in [2.45, 2.75) is 38.8 Å². The molecule has 4 heteroatoms. The van der Waals surface area contributed by atoms with Gasteiger partial charge in [0.15, 0.2) is 0 Å². The lowest BCUT2D eigenvalue weighted by atomic mass is 10.0. The van der Waals surface area contributed by atoms with Crippen LogP contribution in [0, 0.1) is 5.82 Å². The summed E-state index contributed by atoms with van der Waals surface area (Å²) in [6.07, 6.45) is 3.73. The Morgan fingerprint density at radius 3 is 2.68 bits per heavy atom. The van der Waals surface area contributed by atoms with Crippen molar-refractivity contribution in [1.29, 1.82) is 0 Å². The van der Waals surface area contributed by atoms with Crippen molar-refractivity contribution in [3.05, 3.63) is 29.6 Å². The smallest absolute Gasteiger partial charge is 0.123 e. The van der Waals surface area contributed by atoms with Crippen LogP contribution in [0.5, 0.6) is 0 Å². The third-order valence-corrected chi connectivity index (χ3v) is 4.31. The largest absolute Gasteiger partial charge is 0.371 e. The van der Waals surface area contributed by atoms with Crippen LogP contribution in [0.4, 0.5) is 10.1 Å². The summed E-state index contributed by atoms with van der Waals surface area (Å²) in [7, 11) is 2.06. The van der Waals surface area contributed by atoms with Crippen molar-refractivity contribution in [2.75, 3.05) is 24.0 Å². The Morgan fingerprint density at radius 2 is 2.11 bits per heavy atom. The Labute approximate surface area is 120 Å². The van der Waals surface area contributed by atoms with Crippen molar-refractivity contribution in [3.8, 4) is 0 Å². The Morgan fingerprint density at radius 1 is 1.42 bits per heavy atom. The van der Waals surface area contributed by atoms with Crippen LogP contribution < -0.4 is 10.6 Å². The molecule has 0 aliphatic carbocycles. The molecular weight excluding hydrogens is 259 g/mol. The number of hydrogen-bond acceptors (Lipinski definition) is 3. The summed E-state index contributed by atoms with van der Waals surface area (Å²) in [5.41, 5.74) is 8.11. The molecule has 0 amide bonds. The lowest BCUT2D eigenvalue weighted by Crippen LogP contribution is -2.32. The van der Waals surface area contributed by atoms with Gasteiger partial charge >= 0.3 is 0 Å². The molecule has 0 saturated heterocycles. The van der Waals surface area contributed by atoms with Gasteiger partial charge < -0.3 is 10.6 Å². The lowest BCUT2D eigenvalue weighted by Gasteiger charge is -2.29. The van der Waals surface area contributed by atoms with E-state index in [9.17, 15) is 4.39 Å². The minimum Gasteiger partial charge on any atom is -0.371 e. The monoisotopic (exact) mass is 284 g/mol. The molecule has 0 saturated carbocycles. The fourth-order valence-electron chi connectivity index (χ4n) is 2.08. The van der Waals surface area contributed by atoms with Crippen LogP contribution in [0.1, 0.15) is 25.8 Å². The van der Waals surface area contributed by atoms with Crippen molar-refractivity contribution in [1.82, 2.24) is 0 Å². The second kappa shape index (κ2) is 7.75. The van der Waals surface area contributed by atoms with E-state index in [4.69, 9.17) is 5.73 Å². The zero-order valence-corrected chi connectivity index (χ0v) is 13.1. The van der Waals surface area contributed by atoms with Gasteiger partial charge in [-0.1, -0.05) is 6.92 Å². The van der Waals surface area contributed by atoms with E-state index in [1.54, 1.807) is 6.07 Å². The van der Waals surface area contributed by atoms with Crippen LogP contribution in [0.2, 0.25) is 0 Å². The molecule has 2 N–H and O–H groups in total. The molecule has 0 aromatic heterocycles. The first-order valence-corrected chi connectivity index (χ1v) is 8.14. The second-order valence-corrected chi connectivity index (χ2v) is 5.97. The molecule has 0 spiro atoms. The molecular formula is C15H25FN2S. The van der Waals surface area contributed by atoms with E-state index >= 15 is 0 Å². The average Bonchev–Trinajstić information content (AvgIpc) is 2.38. The number of benzene rings is 1. The Balaban J connectivity index is 2.98. The van der Waals surface area contributed by atoms with Gasteiger partial charge in [-0.25, -0.2) is 4.39 Å². The van der Waals surface area contributed by atoms with Crippen LogP contribution in [0.25, 0.3) is 0 Å². The molecule has 0 aliphatic rings. The Hall–Kier alpha value is -0.740. The van der Waals surface area contributed by atoms with Gasteiger partial charge in [0.2, 0.25) is 0 Å². The van der Waals surface area contributed by atoms with Gasteiger partial charge in [0.25, 0.3) is 0 Å². The topological polar surface area (TPSA) is 29.3 Å². The normalized spacial score (nSPS) is 14.2. The van der Waals surface area contributed by atoms with Gasteiger partial charge in [-0.3, -0.25) is 0 Å². The van der Waals surface area contributed by atoms with E-state index in [0.717, 1.165) is 29.8 Å². The maximum atomic E-state index is 13.5. The first-order valence-electron chi connectivity index (χ1n) is 6.75. The molecule has 1 aromatic carbocycles. The van der Waals surface area contributed by atoms with E-state index in [1.807, 2.05) is 17.8 Å². The zero-order valence-electron chi connectivity index (χ0n) is 12.3. The van der Waals surface area contributed by atoms with Crippen molar-refractivity contribution in [3.63, 3.8) is 0 Å². The number of nitrogens with two attached hydrogens (primary N) is 1. The molecule has 0 heterocycles. The third-order valence-electron chi connectivity index (χ3n) is 3.50. The first-order chi connectivity index (χ1) is 8.99. The molecule has 0 bridgehead atoms. The molecule has 2 nitrogen and oxygen atoms in total. The maximum Gasteiger partial charge on any atom is 0.123 e. The first kappa shape index (κ1) is 16.3. The predicted octanol–water partition coefficient (Wildman–Crippen LogP) is 3.29. The molecule has 1 aromatic rings. The highest BCUT2D eigenvalue weighted by atomic mass is 32.2. The van der Waals surface area contributed by atoms with Gasteiger partial charge in [-0.05, 0) is 49.8 Å². The molecule has 1 rings (SSSR count). The van der Waals surface area contributed by atoms with Gasteiger partial charge in [0, 0.05) is 30.6 Å². The van der Waals surface area contributed by atoms with Gasteiger partial charge in [-0.15, -0.1) is 0 Å². The summed E-state index contributed by atoms with van der Waals surface area (Å²) in [5, 5.41) is 0. The Bertz CT molecular complexity index is 398. The van der Waals surface area contributed by atoms with Crippen LogP contribution in [-0.2, 0) is 6.42 Å². The lowest BCUT2D eigenvalue weighted by molar-refractivity contribution is 0.612. The summed E-state index contributed by atoms with van der Waals surface area (Å²) in [6, 6.07) is 5.51. The maximum absolute atomic E-state index is 13.5. The second-order valence-electron chi connectivity index (χ2n) is 5.06. The van der Waals surface area contributed by atoms with Crippen LogP contribution in [-0.4, -0.2) is 31.1 Å². The fourth-order valence-corrected chi connectivity index (χ4v) is 2.78. The van der Waals surface area contributed by atoms with E-state index < -0.39 is 0 Å². The highest BCUT2D eigenvalue weighted by Crippen LogP contribution is 2.24. The molecule has 2 atom stereocenters. The van der Waals surface area contributed by atoms with Crippen molar-refractivity contribution in [2.24, 2.45) is 5.73 Å². The van der Waals surface area contributed by atoms with Gasteiger partial charge in [-0.2, -0.15) is 11.8 Å². The molecule has 2 unspecified atom stereocenters. The number of nitrogens with zero attached hydrogens (tertiary/aromatic N) is 1. The number of hydrogen-bond donors (Lipinski definition) is 1. The van der Waals surface area contributed by atoms with Crippen LogP contribution in [0.15, 0.2) is 18.2 Å². The molecule has 0 aliphatic heterocycles. The summed E-state index contributed by atoms with van der Waals surface area (Å²) in [6.45, 7) is 4.24. The molecule has 108 valence electrons.